The maximum absolute atomic E-state index is 15.0. The van der Waals surface area contributed by atoms with Crippen molar-refractivity contribution in [1.82, 2.24) is 15.2 Å². The fourth-order valence-corrected chi connectivity index (χ4v) is 7.26. The minimum atomic E-state index is -3.33. The van der Waals surface area contributed by atoms with E-state index in [2.05, 4.69) is 25.3 Å². The number of hydrogen-bond acceptors (Lipinski definition) is 7. The molecule has 1 atom stereocenters. The minimum Gasteiger partial charge on any atom is -0.433 e. The standard InChI is InChI=1S/C23H28F3N5O4S/c1-22(13-36(33,34)23(20(27)30-22)7-9-31(2)10-8-23)16-11-14(3-5-17(16)24)29-19(32)18-6-4-15(12-28-18)35-21(25)26/h3-6,11-12,21,33-34H,7-10,13H2,1-2H3,(H2,27,30)(H,29,32)/t22-/m0/s1. The third-order valence-electron chi connectivity index (χ3n) is 6.78. The molecule has 1 amide bonds. The first kappa shape index (κ1) is 26.2. The number of alkyl halides is 2. The number of aromatic nitrogens is 1. The lowest BCUT2D eigenvalue weighted by atomic mass is 9.88. The van der Waals surface area contributed by atoms with Crippen LogP contribution in [0.1, 0.15) is 35.8 Å². The van der Waals surface area contributed by atoms with Crippen LogP contribution in [0.25, 0.3) is 0 Å². The van der Waals surface area contributed by atoms with Gasteiger partial charge in [0.2, 0.25) is 0 Å². The van der Waals surface area contributed by atoms with Crippen LogP contribution < -0.4 is 15.4 Å². The summed E-state index contributed by atoms with van der Waals surface area (Å²) < 4.78 is 65.2. The Hall–Kier alpha value is -2.87. The Balaban J connectivity index is 1.56. The molecule has 13 heteroatoms. The van der Waals surface area contributed by atoms with E-state index in [0.29, 0.717) is 25.9 Å². The van der Waals surface area contributed by atoms with Gasteiger partial charge in [-0.15, -0.1) is 0 Å². The molecule has 3 heterocycles. The van der Waals surface area contributed by atoms with Crippen LogP contribution in [-0.2, 0) is 5.54 Å². The quantitative estimate of drug-likeness (QED) is 0.396. The average molecular weight is 528 g/mol. The molecule has 2 aliphatic heterocycles. The summed E-state index contributed by atoms with van der Waals surface area (Å²) >= 11 is 0. The van der Waals surface area contributed by atoms with Crippen molar-refractivity contribution in [3.63, 3.8) is 0 Å². The van der Waals surface area contributed by atoms with E-state index < -0.39 is 39.2 Å². The zero-order valence-electron chi connectivity index (χ0n) is 19.7. The zero-order chi connectivity index (χ0) is 26.3. The van der Waals surface area contributed by atoms with Crippen molar-refractivity contribution in [3.8, 4) is 5.75 Å². The van der Waals surface area contributed by atoms with E-state index in [0.717, 1.165) is 12.3 Å². The Kier molecular flexibility index (Phi) is 6.94. The highest BCUT2D eigenvalue weighted by Gasteiger charge is 2.56. The molecule has 0 bridgehead atoms. The molecule has 5 N–H and O–H groups in total. The Morgan fingerprint density at radius 2 is 1.97 bits per heavy atom. The van der Waals surface area contributed by atoms with Gasteiger partial charge in [0.15, 0.2) is 0 Å². The molecule has 2 fully saturated rings. The number of carbonyl (C=O) groups excluding carboxylic acids is 1. The first-order chi connectivity index (χ1) is 16.8. The van der Waals surface area contributed by atoms with Crippen LogP contribution in [0.4, 0.5) is 18.9 Å². The Morgan fingerprint density at radius 1 is 1.28 bits per heavy atom. The van der Waals surface area contributed by atoms with Crippen LogP contribution >= 0.6 is 10.6 Å². The number of halogens is 3. The van der Waals surface area contributed by atoms with E-state index in [-0.39, 0.29) is 34.3 Å². The van der Waals surface area contributed by atoms with Crippen LogP contribution in [0.2, 0.25) is 0 Å². The number of anilines is 1. The van der Waals surface area contributed by atoms with Crippen LogP contribution in [-0.4, -0.2) is 68.0 Å². The van der Waals surface area contributed by atoms with E-state index >= 15 is 4.39 Å². The minimum absolute atomic E-state index is 0.0338. The van der Waals surface area contributed by atoms with Crippen molar-refractivity contribution in [1.29, 1.82) is 5.41 Å². The Morgan fingerprint density at radius 3 is 2.56 bits per heavy atom. The van der Waals surface area contributed by atoms with E-state index in [1.807, 2.05) is 7.05 Å². The average Bonchev–Trinajstić information content (AvgIpc) is 2.79. The van der Waals surface area contributed by atoms with Gasteiger partial charge >= 0.3 is 6.61 Å². The number of amidine groups is 1. The molecule has 1 spiro atoms. The van der Waals surface area contributed by atoms with E-state index in [1.165, 1.54) is 24.3 Å². The van der Waals surface area contributed by atoms with Gasteiger partial charge in [0.1, 0.15) is 27.8 Å². The summed E-state index contributed by atoms with van der Waals surface area (Å²) in [4.78, 5) is 18.5. The molecular formula is C23H28F3N5O4S. The highest BCUT2D eigenvalue weighted by molar-refractivity contribution is 8.26. The fourth-order valence-electron chi connectivity index (χ4n) is 4.74. The SMILES string of the molecule is CN1CCC2(CC1)C(=N)N[C@](C)(c1cc(NC(=O)c3ccc(OC(F)F)cn3)ccc1F)CS2(O)O. The smallest absolute Gasteiger partial charge is 0.387 e. The van der Waals surface area contributed by atoms with Crippen LogP contribution in [0.3, 0.4) is 0 Å². The first-order valence-electron chi connectivity index (χ1n) is 11.2. The normalized spacial score (nSPS) is 24.3. The van der Waals surface area contributed by atoms with Crippen molar-refractivity contribution in [3.05, 3.63) is 53.6 Å². The highest BCUT2D eigenvalue weighted by Crippen LogP contribution is 2.62. The molecule has 9 nitrogen and oxygen atoms in total. The number of piperidine rings is 1. The van der Waals surface area contributed by atoms with Crippen molar-refractivity contribution >= 4 is 28.0 Å². The summed E-state index contributed by atoms with van der Waals surface area (Å²) in [6.45, 7) is -0.218. The lowest BCUT2D eigenvalue weighted by Gasteiger charge is -2.60. The maximum atomic E-state index is 15.0. The second-order valence-corrected chi connectivity index (χ2v) is 11.8. The van der Waals surface area contributed by atoms with Gasteiger partial charge in [-0.2, -0.15) is 19.4 Å². The van der Waals surface area contributed by atoms with E-state index in [9.17, 15) is 22.7 Å². The predicted molar refractivity (Wildman–Crippen MR) is 131 cm³/mol. The third kappa shape index (κ3) is 4.88. The first-order valence-corrected chi connectivity index (χ1v) is 12.9. The summed E-state index contributed by atoms with van der Waals surface area (Å²) in [6, 6.07) is 6.22. The molecule has 0 saturated carbocycles. The third-order valence-corrected chi connectivity index (χ3v) is 9.62. The number of rotatable bonds is 5. The number of hydrogen-bond donors (Lipinski definition) is 5. The number of nitrogens with one attached hydrogen (secondary N) is 3. The van der Waals surface area contributed by atoms with Gasteiger partial charge in [0.25, 0.3) is 5.91 Å². The van der Waals surface area contributed by atoms with Crippen LogP contribution in [0, 0.1) is 11.2 Å². The molecule has 1 aromatic carbocycles. The maximum Gasteiger partial charge on any atom is 0.387 e. The van der Waals surface area contributed by atoms with Crippen molar-refractivity contribution < 1.29 is 31.8 Å². The number of carbonyl (C=O) groups is 1. The Labute approximate surface area is 207 Å². The lowest BCUT2D eigenvalue weighted by molar-refractivity contribution is -0.0500. The summed E-state index contributed by atoms with van der Waals surface area (Å²) in [5.74, 6) is -1.75. The highest BCUT2D eigenvalue weighted by atomic mass is 32.3. The van der Waals surface area contributed by atoms with Crippen molar-refractivity contribution in [2.24, 2.45) is 0 Å². The zero-order valence-corrected chi connectivity index (χ0v) is 20.5. The molecule has 196 valence electrons. The summed E-state index contributed by atoms with van der Waals surface area (Å²) in [6.07, 6.45) is 1.79. The number of ether oxygens (including phenoxy) is 1. The number of nitrogens with zero attached hydrogens (tertiary/aromatic N) is 2. The van der Waals surface area contributed by atoms with Crippen molar-refractivity contribution in [2.75, 3.05) is 31.2 Å². The Bertz CT molecular complexity index is 1160. The second-order valence-electron chi connectivity index (χ2n) is 9.35. The molecule has 2 aliphatic rings. The summed E-state index contributed by atoms with van der Waals surface area (Å²) in [5, 5.41) is 14.3. The van der Waals surface area contributed by atoms with Gasteiger partial charge in [-0.05, 0) is 57.1 Å². The van der Waals surface area contributed by atoms with Gasteiger partial charge in [-0.3, -0.25) is 19.3 Å². The summed E-state index contributed by atoms with van der Waals surface area (Å²) in [7, 11) is -1.40. The topological polar surface area (TPSA) is 131 Å². The van der Waals surface area contributed by atoms with Gasteiger partial charge in [-0.25, -0.2) is 9.37 Å². The molecule has 2 saturated heterocycles. The monoisotopic (exact) mass is 527 g/mol. The molecule has 0 unspecified atom stereocenters. The molecule has 36 heavy (non-hydrogen) atoms. The summed E-state index contributed by atoms with van der Waals surface area (Å²) in [5.41, 5.74) is -1.13. The van der Waals surface area contributed by atoms with Crippen LogP contribution in [0.5, 0.6) is 5.75 Å². The largest absolute Gasteiger partial charge is 0.433 e. The van der Waals surface area contributed by atoms with Crippen LogP contribution in [0.15, 0.2) is 36.5 Å². The van der Waals surface area contributed by atoms with Gasteiger partial charge in [0, 0.05) is 24.3 Å². The van der Waals surface area contributed by atoms with E-state index in [4.69, 9.17) is 5.41 Å². The number of pyridine rings is 1. The molecule has 4 rings (SSSR count). The fraction of sp³-hybridized carbons (Fsp3) is 0.435. The molecular weight excluding hydrogens is 499 g/mol. The number of amides is 1. The second kappa shape index (κ2) is 9.54. The molecule has 2 aromatic rings. The number of likely N-dealkylation sites (tertiary alicyclic amines) is 1. The van der Waals surface area contributed by atoms with Gasteiger partial charge < -0.3 is 20.3 Å². The van der Waals surface area contributed by atoms with Crippen molar-refractivity contribution in [2.45, 2.75) is 36.7 Å². The van der Waals surface area contributed by atoms with Gasteiger partial charge in [0.05, 0.1) is 17.5 Å². The molecule has 0 aliphatic carbocycles. The van der Waals surface area contributed by atoms with Gasteiger partial charge in [-0.1, -0.05) is 0 Å². The lowest BCUT2D eigenvalue weighted by Crippen LogP contribution is -2.66. The van der Waals surface area contributed by atoms with E-state index in [1.54, 1.807) is 6.92 Å². The number of benzene rings is 1. The molecule has 1 aromatic heterocycles. The predicted octanol–water partition coefficient (Wildman–Crippen LogP) is 4.09. The molecule has 0 radical (unpaired) electrons.